The van der Waals surface area contributed by atoms with E-state index in [-0.39, 0.29) is 18.4 Å². The summed E-state index contributed by atoms with van der Waals surface area (Å²) < 4.78 is 5.38. The molecule has 0 saturated carbocycles. The second-order valence-electron chi connectivity index (χ2n) is 5.93. The summed E-state index contributed by atoms with van der Waals surface area (Å²) in [5, 5.41) is 10.1. The molecule has 0 aliphatic carbocycles. The molecule has 0 bridgehead atoms. The van der Waals surface area contributed by atoms with Gasteiger partial charge in [0.15, 0.2) is 0 Å². The largest absolute Gasteiger partial charge is 0.496 e. The zero-order valence-electron chi connectivity index (χ0n) is 13.2. The fourth-order valence-electron chi connectivity index (χ4n) is 3.42. The Hall–Kier alpha value is -2.50. The molecule has 6 nitrogen and oxygen atoms in total. The Balaban J connectivity index is 1.83. The van der Waals surface area contributed by atoms with Crippen LogP contribution in [0.1, 0.15) is 18.9 Å². The lowest BCUT2D eigenvalue weighted by Crippen LogP contribution is -2.38. The number of likely N-dealkylation sites (tertiary alicyclic amines) is 1. The fraction of sp³-hybridized carbons (Fsp3) is 0.412. The smallest absolute Gasteiger partial charge is 0.308 e. The maximum absolute atomic E-state index is 12.6. The first-order chi connectivity index (χ1) is 11.0. The first kappa shape index (κ1) is 15.4. The number of carboxylic acids is 1. The molecule has 1 aromatic carbocycles. The average Bonchev–Trinajstić information content (AvgIpc) is 3.11. The van der Waals surface area contributed by atoms with Crippen LogP contribution in [0.2, 0.25) is 0 Å². The van der Waals surface area contributed by atoms with Crippen molar-refractivity contribution in [3.63, 3.8) is 0 Å². The maximum Gasteiger partial charge on any atom is 0.308 e. The second-order valence-corrected chi connectivity index (χ2v) is 5.93. The Kier molecular flexibility index (Phi) is 3.98. The number of benzene rings is 1. The van der Waals surface area contributed by atoms with Crippen LogP contribution in [0.4, 0.5) is 0 Å². The van der Waals surface area contributed by atoms with Gasteiger partial charge in [-0.25, -0.2) is 0 Å². The molecule has 0 radical (unpaired) electrons. The molecule has 1 saturated heterocycles. The van der Waals surface area contributed by atoms with Gasteiger partial charge in [-0.1, -0.05) is 6.07 Å². The van der Waals surface area contributed by atoms with E-state index in [0.717, 1.165) is 22.2 Å². The number of carbonyl (C=O) groups excluding carboxylic acids is 1. The lowest BCUT2D eigenvalue weighted by atomic mass is 10.0. The van der Waals surface area contributed by atoms with Crippen molar-refractivity contribution in [1.82, 2.24) is 9.88 Å². The van der Waals surface area contributed by atoms with Crippen molar-refractivity contribution in [3.05, 3.63) is 30.0 Å². The summed E-state index contributed by atoms with van der Waals surface area (Å²) in [6.45, 7) is 2.30. The molecule has 2 N–H and O–H groups in total. The molecule has 122 valence electrons. The summed E-state index contributed by atoms with van der Waals surface area (Å²) in [6, 6.07) is 5.42. The van der Waals surface area contributed by atoms with Crippen molar-refractivity contribution in [3.8, 4) is 5.75 Å². The number of aliphatic carboxylic acids is 1. The normalized spacial score (nSPS) is 20.9. The van der Waals surface area contributed by atoms with Crippen LogP contribution in [0.3, 0.4) is 0 Å². The number of rotatable bonds is 4. The number of carbonyl (C=O) groups is 2. The van der Waals surface area contributed by atoms with Crippen LogP contribution in [0.25, 0.3) is 10.9 Å². The monoisotopic (exact) mass is 316 g/mol. The summed E-state index contributed by atoms with van der Waals surface area (Å²) >= 11 is 0. The van der Waals surface area contributed by atoms with Crippen LogP contribution in [0.15, 0.2) is 24.4 Å². The van der Waals surface area contributed by atoms with Gasteiger partial charge in [-0.3, -0.25) is 9.59 Å². The van der Waals surface area contributed by atoms with Crippen LogP contribution >= 0.6 is 0 Å². The average molecular weight is 316 g/mol. The molecule has 2 heterocycles. The SMILES string of the molecule is COc1cccc2[nH]cc(CC(=O)N3CCC(C(=O)O)C3C)c12. The van der Waals surface area contributed by atoms with E-state index in [2.05, 4.69) is 4.98 Å². The Morgan fingerprint density at radius 2 is 2.22 bits per heavy atom. The molecular formula is C17H20N2O4. The van der Waals surface area contributed by atoms with E-state index >= 15 is 0 Å². The molecule has 1 aliphatic heterocycles. The molecule has 2 aromatic rings. The summed E-state index contributed by atoms with van der Waals surface area (Å²) in [5.41, 5.74) is 1.79. The molecule has 1 fully saturated rings. The third-order valence-corrected chi connectivity index (χ3v) is 4.70. The number of aromatic amines is 1. The molecule has 0 spiro atoms. The first-order valence-electron chi connectivity index (χ1n) is 7.68. The predicted molar refractivity (Wildman–Crippen MR) is 85.5 cm³/mol. The molecule has 2 unspecified atom stereocenters. The molecular weight excluding hydrogens is 296 g/mol. The van der Waals surface area contributed by atoms with Gasteiger partial charge in [-0.05, 0) is 31.0 Å². The number of hydrogen-bond donors (Lipinski definition) is 2. The van der Waals surface area contributed by atoms with Gasteiger partial charge in [-0.2, -0.15) is 0 Å². The Labute approximate surface area is 134 Å². The zero-order valence-corrected chi connectivity index (χ0v) is 13.2. The van der Waals surface area contributed by atoms with Gasteiger partial charge < -0.3 is 19.7 Å². The van der Waals surface area contributed by atoms with E-state index < -0.39 is 11.9 Å². The summed E-state index contributed by atoms with van der Waals surface area (Å²) in [4.78, 5) is 28.6. The van der Waals surface area contributed by atoms with Crippen molar-refractivity contribution >= 4 is 22.8 Å². The molecule has 23 heavy (non-hydrogen) atoms. The standard InChI is InChI=1S/C17H20N2O4/c1-10-12(17(21)22)6-7-19(10)15(20)8-11-9-18-13-4-3-5-14(23-2)16(11)13/h3-5,9-10,12,18H,6-8H2,1-2H3,(H,21,22). The molecule has 1 aliphatic rings. The second kappa shape index (κ2) is 5.95. The topological polar surface area (TPSA) is 82.6 Å². The summed E-state index contributed by atoms with van der Waals surface area (Å²) in [7, 11) is 1.60. The zero-order chi connectivity index (χ0) is 16.6. The van der Waals surface area contributed by atoms with Gasteiger partial charge in [0.2, 0.25) is 5.91 Å². The highest BCUT2D eigenvalue weighted by Crippen LogP contribution is 2.30. The van der Waals surface area contributed by atoms with Crippen LogP contribution in [0.5, 0.6) is 5.75 Å². The number of hydrogen-bond acceptors (Lipinski definition) is 3. The number of amides is 1. The minimum atomic E-state index is -0.832. The Morgan fingerprint density at radius 1 is 1.43 bits per heavy atom. The highest BCUT2D eigenvalue weighted by molar-refractivity contribution is 5.93. The summed E-state index contributed by atoms with van der Waals surface area (Å²) in [5.74, 6) is -0.629. The molecule has 2 atom stereocenters. The van der Waals surface area contributed by atoms with E-state index in [1.807, 2.05) is 24.4 Å². The van der Waals surface area contributed by atoms with Crippen LogP contribution in [0, 0.1) is 5.92 Å². The Bertz CT molecular complexity index is 752. The minimum Gasteiger partial charge on any atom is -0.496 e. The van der Waals surface area contributed by atoms with E-state index in [4.69, 9.17) is 4.74 Å². The molecule has 6 heteroatoms. The van der Waals surface area contributed by atoms with Crippen molar-refractivity contribution in [2.24, 2.45) is 5.92 Å². The van der Waals surface area contributed by atoms with Crippen molar-refractivity contribution < 1.29 is 19.4 Å². The maximum atomic E-state index is 12.6. The number of H-pyrrole nitrogens is 1. The van der Waals surface area contributed by atoms with Gasteiger partial charge in [0.1, 0.15) is 5.75 Å². The number of nitrogens with one attached hydrogen (secondary N) is 1. The van der Waals surface area contributed by atoms with Crippen LogP contribution in [-0.2, 0) is 16.0 Å². The van der Waals surface area contributed by atoms with E-state index in [1.165, 1.54) is 0 Å². The van der Waals surface area contributed by atoms with Gasteiger partial charge in [0.25, 0.3) is 0 Å². The number of nitrogens with zero attached hydrogens (tertiary/aromatic N) is 1. The first-order valence-corrected chi connectivity index (χ1v) is 7.68. The van der Waals surface area contributed by atoms with Crippen molar-refractivity contribution in [2.45, 2.75) is 25.8 Å². The number of aromatic nitrogens is 1. The minimum absolute atomic E-state index is 0.0481. The molecule has 3 rings (SSSR count). The van der Waals surface area contributed by atoms with Gasteiger partial charge in [-0.15, -0.1) is 0 Å². The number of methoxy groups -OCH3 is 1. The van der Waals surface area contributed by atoms with Gasteiger partial charge >= 0.3 is 5.97 Å². The summed E-state index contributed by atoms with van der Waals surface area (Å²) in [6.07, 6.45) is 2.57. The number of fused-ring (bicyclic) bond motifs is 1. The van der Waals surface area contributed by atoms with E-state index in [9.17, 15) is 14.7 Å². The lowest BCUT2D eigenvalue weighted by Gasteiger charge is -2.23. The highest BCUT2D eigenvalue weighted by atomic mass is 16.5. The van der Waals surface area contributed by atoms with Crippen molar-refractivity contribution in [2.75, 3.05) is 13.7 Å². The third-order valence-electron chi connectivity index (χ3n) is 4.70. The van der Waals surface area contributed by atoms with Crippen LogP contribution < -0.4 is 4.74 Å². The van der Waals surface area contributed by atoms with Gasteiger partial charge in [0.05, 0.1) is 19.4 Å². The highest BCUT2D eigenvalue weighted by Gasteiger charge is 2.38. The van der Waals surface area contributed by atoms with Crippen LogP contribution in [-0.4, -0.2) is 46.6 Å². The molecule has 1 aromatic heterocycles. The van der Waals surface area contributed by atoms with Crippen molar-refractivity contribution in [1.29, 1.82) is 0 Å². The Morgan fingerprint density at radius 3 is 2.87 bits per heavy atom. The molecule has 1 amide bonds. The quantitative estimate of drug-likeness (QED) is 0.904. The lowest BCUT2D eigenvalue weighted by molar-refractivity contribution is -0.143. The fourth-order valence-corrected chi connectivity index (χ4v) is 3.42. The van der Waals surface area contributed by atoms with Gasteiger partial charge in [0, 0.05) is 29.7 Å². The van der Waals surface area contributed by atoms with E-state index in [0.29, 0.717) is 13.0 Å². The third kappa shape index (κ3) is 2.65. The number of carboxylic acid groups (broad SMARTS) is 1. The number of ether oxygens (including phenoxy) is 1. The van der Waals surface area contributed by atoms with E-state index in [1.54, 1.807) is 18.9 Å². The predicted octanol–water partition coefficient (Wildman–Crippen LogP) is 2.04.